The summed E-state index contributed by atoms with van der Waals surface area (Å²) < 4.78 is 11.0. The number of amides is 1. The maximum atomic E-state index is 12.3. The van der Waals surface area contributed by atoms with E-state index in [1.807, 2.05) is 19.9 Å². The largest absolute Gasteiger partial charge is 0.480 e. The summed E-state index contributed by atoms with van der Waals surface area (Å²) in [5.74, 6) is -0.905. The van der Waals surface area contributed by atoms with Gasteiger partial charge in [-0.25, -0.2) is 4.79 Å². The quantitative estimate of drug-likeness (QED) is 0.695. The molecular formula is C19H19NO6. The number of nitrogens with one attached hydrogen (secondary N) is 1. The highest BCUT2D eigenvalue weighted by molar-refractivity contribution is 5.97. The number of carboxylic acid groups (broad SMARTS) is 1. The summed E-state index contributed by atoms with van der Waals surface area (Å²) in [4.78, 5) is 35.2. The van der Waals surface area contributed by atoms with Crippen molar-refractivity contribution in [3.63, 3.8) is 0 Å². The van der Waals surface area contributed by atoms with E-state index in [1.165, 1.54) is 6.92 Å². The lowest BCUT2D eigenvalue weighted by Crippen LogP contribution is -2.39. The molecule has 0 bridgehead atoms. The molecule has 3 aromatic rings. The molecule has 0 unspecified atom stereocenters. The molecule has 1 aromatic carbocycles. The van der Waals surface area contributed by atoms with E-state index in [9.17, 15) is 14.4 Å². The van der Waals surface area contributed by atoms with Gasteiger partial charge in [0.1, 0.15) is 23.0 Å². The summed E-state index contributed by atoms with van der Waals surface area (Å²) in [6.45, 7) is 6.92. The monoisotopic (exact) mass is 357 g/mol. The van der Waals surface area contributed by atoms with Crippen LogP contribution in [0, 0.1) is 20.8 Å². The molecule has 0 radical (unpaired) electrons. The van der Waals surface area contributed by atoms with Gasteiger partial charge in [0.15, 0.2) is 0 Å². The summed E-state index contributed by atoms with van der Waals surface area (Å²) in [5.41, 5.74) is 2.25. The molecule has 2 heterocycles. The fourth-order valence-electron chi connectivity index (χ4n) is 2.94. The molecule has 0 aliphatic heterocycles. The van der Waals surface area contributed by atoms with E-state index in [1.54, 1.807) is 13.0 Å². The van der Waals surface area contributed by atoms with Crippen molar-refractivity contribution in [2.24, 2.45) is 0 Å². The van der Waals surface area contributed by atoms with Crippen molar-refractivity contribution < 1.29 is 23.5 Å². The predicted octanol–water partition coefficient (Wildman–Crippen LogP) is 2.60. The molecule has 7 nitrogen and oxygen atoms in total. The molecule has 2 aromatic heterocycles. The van der Waals surface area contributed by atoms with E-state index < -0.39 is 23.5 Å². The fourth-order valence-corrected chi connectivity index (χ4v) is 2.94. The molecule has 136 valence electrons. The molecule has 0 fully saturated rings. The Morgan fingerprint density at radius 1 is 1.08 bits per heavy atom. The van der Waals surface area contributed by atoms with Crippen LogP contribution < -0.4 is 10.9 Å². The lowest BCUT2D eigenvalue weighted by Gasteiger charge is -2.11. The average Bonchev–Trinajstić information content (AvgIpc) is 2.84. The lowest BCUT2D eigenvalue weighted by molar-refractivity contribution is -0.141. The maximum absolute atomic E-state index is 12.3. The highest BCUT2D eigenvalue weighted by Crippen LogP contribution is 2.30. The highest BCUT2D eigenvalue weighted by Gasteiger charge is 2.19. The zero-order valence-electron chi connectivity index (χ0n) is 14.9. The van der Waals surface area contributed by atoms with Crippen LogP contribution in [-0.2, 0) is 16.0 Å². The van der Waals surface area contributed by atoms with Gasteiger partial charge in [-0.2, -0.15) is 0 Å². The van der Waals surface area contributed by atoms with Gasteiger partial charge in [-0.3, -0.25) is 9.59 Å². The van der Waals surface area contributed by atoms with Crippen LogP contribution in [0.5, 0.6) is 0 Å². The molecule has 26 heavy (non-hydrogen) atoms. The number of carbonyl (C=O) groups excluding carboxylic acids is 1. The van der Waals surface area contributed by atoms with E-state index in [-0.39, 0.29) is 12.0 Å². The number of aryl methyl sites for hydroxylation is 3. The molecular weight excluding hydrogens is 338 g/mol. The smallest absolute Gasteiger partial charge is 0.340 e. The minimum atomic E-state index is -1.14. The number of carbonyl (C=O) groups is 2. The van der Waals surface area contributed by atoms with Crippen molar-refractivity contribution in [3.8, 4) is 0 Å². The highest BCUT2D eigenvalue weighted by atomic mass is 16.4. The first-order valence-corrected chi connectivity index (χ1v) is 8.17. The second-order valence-electron chi connectivity index (χ2n) is 6.43. The topological polar surface area (TPSA) is 110 Å². The summed E-state index contributed by atoms with van der Waals surface area (Å²) in [6, 6.07) is 2.53. The third-order valence-corrected chi connectivity index (χ3v) is 4.67. The van der Waals surface area contributed by atoms with Crippen LogP contribution in [0.4, 0.5) is 0 Å². The van der Waals surface area contributed by atoms with Crippen molar-refractivity contribution in [2.45, 2.75) is 40.2 Å². The van der Waals surface area contributed by atoms with Crippen LogP contribution in [0.15, 0.2) is 25.8 Å². The summed E-state index contributed by atoms with van der Waals surface area (Å²) in [7, 11) is 0. The number of carboxylic acids is 1. The molecule has 2 N–H and O–H groups in total. The van der Waals surface area contributed by atoms with Gasteiger partial charge in [0.05, 0.1) is 12.0 Å². The number of aliphatic carboxylic acids is 1. The lowest BCUT2D eigenvalue weighted by atomic mass is 10.0. The SMILES string of the molecule is Cc1oc2cc3oc(=O)c(CC(=O)N[C@H](C)C(=O)O)c(C)c3cc2c1C. The van der Waals surface area contributed by atoms with Crippen LogP contribution in [0.1, 0.15) is 29.4 Å². The molecule has 0 saturated heterocycles. The maximum Gasteiger partial charge on any atom is 0.340 e. The zero-order chi connectivity index (χ0) is 19.2. The molecule has 3 rings (SSSR count). The molecule has 0 spiro atoms. The van der Waals surface area contributed by atoms with E-state index in [0.717, 1.165) is 22.1 Å². The number of furan rings is 1. The van der Waals surface area contributed by atoms with Gasteiger partial charge in [0, 0.05) is 16.8 Å². The molecule has 0 saturated carbocycles. The standard InChI is InChI=1S/C19H19NO6/c1-8-11(4)25-15-7-16-13(5-12(8)15)9(2)14(19(24)26-16)6-17(21)20-10(3)18(22)23/h5,7,10H,6H2,1-4H3,(H,20,21)(H,22,23)/t10-/m1/s1. The third kappa shape index (κ3) is 2.96. The number of hydrogen-bond donors (Lipinski definition) is 2. The normalized spacial score (nSPS) is 12.5. The first kappa shape index (κ1) is 17.7. The van der Waals surface area contributed by atoms with E-state index in [2.05, 4.69) is 5.32 Å². The molecule has 0 aliphatic carbocycles. The van der Waals surface area contributed by atoms with Crippen molar-refractivity contribution >= 4 is 33.8 Å². The van der Waals surface area contributed by atoms with Gasteiger partial charge in [-0.1, -0.05) is 0 Å². The Labute approximate surface area is 148 Å². The van der Waals surface area contributed by atoms with Gasteiger partial charge >= 0.3 is 11.6 Å². The van der Waals surface area contributed by atoms with Crippen molar-refractivity contribution in [2.75, 3.05) is 0 Å². The summed E-state index contributed by atoms with van der Waals surface area (Å²) in [5, 5.41) is 12.8. The van der Waals surface area contributed by atoms with E-state index >= 15 is 0 Å². The van der Waals surface area contributed by atoms with Crippen LogP contribution in [-0.4, -0.2) is 23.0 Å². The number of hydrogen-bond acceptors (Lipinski definition) is 5. The number of rotatable bonds is 4. The second kappa shape index (κ2) is 6.33. The van der Waals surface area contributed by atoms with E-state index in [0.29, 0.717) is 16.7 Å². The van der Waals surface area contributed by atoms with Crippen molar-refractivity contribution in [1.29, 1.82) is 0 Å². The van der Waals surface area contributed by atoms with Crippen LogP contribution in [0.2, 0.25) is 0 Å². The Balaban J connectivity index is 2.07. The van der Waals surface area contributed by atoms with Gasteiger partial charge in [0.2, 0.25) is 5.91 Å². The number of benzene rings is 1. The Hall–Kier alpha value is -3.09. The summed E-state index contributed by atoms with van der Waals surface area (Å²) in [6.07, 6.45) is -0.247. The van der Waals surface area contributed by atoms with Gasteiger partial charge in [0.25, 0.3) is 0 Å². The van der Waals surface area contributed by atoms with E-state index in [4.69, 9.17) is 13.9 Å². The minimum absolute atomic E-state index is 0.213. The summed E-state index contributed by atoms with van der Waals surface area (Å²) >= 11 is 0. The Morgan fingerprint density at radius 3 is 2.35 bits per heavy atom. The molecule has 7 heteroatoms. The average molecular weight is 357 g/mol. The molecule has 1 amide bonds. The molecule has 0 aliphatic rings. The van der Waals surface area contributed by atoms with Crippen LogP contribution >= 0.6 is 0 Å². The second-order valence-corrected chi connectivity index (χ2v) is 6.43. The first-order chi connectivity index (χ1) is 12.2. The van der Waals surface area contributed by atoms with Crippen molar-refractivity contribution in [1.82, 2.24) is 5.32 Å². The van der Waals surface area contributed by atoms with Gasteiger partial charge < -0.3 is 19.3 Å². The number of fused-ring (bicyclic) bond motifs is 2. The zero-order valence-corrected chi connectivity index (χ0v) is 14.9. The third-order valence-electron chi connectivity index (χ3n) is 4.67. The van der Waals surface area contributed by atoms with Gasteiger partial charge in [-0.05, 0) is 44.9 Å². The Bertz CT molecular complexity index is 1100. The molecule has 1 atom stereocenters. The Morgan fingerprint density at radius 2 is 1.69 bits per heavy atom. The van der Waals surface area contributed by atoms with Crippen LogP contribution in [0.25, 0.3) is 21.9 Å². The van der Waals surface area contributed by atoms with Crippen LogP contribution in [0.3, 0.4) is 0 Å². The first-order valence-electron chi connectivity index (χ1n) is 8.17. The van der Waals surface area contributed by atoms with Gasteiger partial charge in [-0.15, -0.1) is 0 Å². The minimum Gasteiger partial charge on any atom is -0.480 e. The predicted molar refractivity (Wildman–Crippen MR) is 95.4 cm³/mol. The Kier molecular flexibility index (Phi) is 4.31. The fraction of sp³-hybridized carbons (Fsp3) is 0.316. The van der Waals surface area contributed by atoms with Crippen molar-refractivity contribution in [3.05, 3.63) is 45.0 Å².